The molecule has 1 unspecified atom stereocenters. The first-order chi connectivity index (χ1) is 8.13. The molecule has 1 rings (SSSR count). The van der Waals surface area contributed by atoms with Crippen molar-refractivity contribution in [3.63, 3.8) is 0 Å². The van der Waals surface area contributed by atoms with E-state index >= 15 is 0 Å². The van der Waals surface area contributed by atoms with Crippen LogP contribution in [0, 0.1) is 6.92 Å². The topological polar surface area (TPSA) is 74.3 Å². The van der Waals surface area contributed by atoms with Gasteiger partial charge in [-0.05, 0) is 6.92 Å². The number of ether oxygens (including phenoxy) is 2. The summed E-state index contributed by atoms with van der Waals surface area (Å²) < 4.78 is 12.2. The van der Waals surface area contributed by atoms with E-state index in [1.54, 1.807) is 18.9 Å². The minimum atomic E-state index is 0.0147. The zero-order valence-electron chi connectivity index (χ0n) is 11.0. The quantitative estimate of drug-likeness (QED) is 0.717. The fourth-order valence-corrected chi connectivity index (χ4v) is 1.77. The highest BCUT2D eigenvalue weighted by Crippen LogP contribution is 2.17. The SMILES string of the molecule is COCC(CNc1c(CN)c(C)nn1C)OC. The number of nitrogens with one attached hydrogen (secondary N) is 1. The average Bonchev–Trinajstić information content (AvgIpc) is 2.58. The van der Waals surface area contributed by atoms with Crippen LogP contribution in [0.4, 0.5) is 5.82 Å². The normalized spacial score (nSPS) is 12.8. The zero-order chi connectivity index (χ0) is 12.8. The summed E-state index contributed by atoms with van der Waals surface area (Å²) in [7, 11) is 5.22. The van der Waals surface area contributed by atoms with Gasteiger partial charge in [-0.25, -0.2) is 0 Å². The lowest BCUT2D eigenvalue weighted by Gasteiger charge is -2.16. The van der Waals surface area contributed by atoms with Crippen LogP contribution in [0.3, 0.4) is 0 Å². The first-order valence-electron chi connectivity index (χ1n) is 5.62. The summed E-state index contributed by atoms with van der Waals surface area (Å²) >= 11 is 0. The van der Waals surface area contributed by atoms with Gasteiger partial charge in [-0.3, -0.25) is 4.68 Å². The number of anilines is 1. The molecule has 0 aromatic carbocycles. The molecule has 0 aliphatic carbocycles. The third-order valence-electron chi connectivity index (χ3n) is 2.73. The number of nitrogens with zero attached hydrogens (tertiary/aromatic N) is 2. The second-order valence-corrected chi connectivity index (χ2v) is 3.93. The van der Waals surface area contributed by atoms with Gasteiger partial charge in [-0.15, -0.1) is 0 Å². The Morgan fingerprint density at radius 2 is 2.18 bits per heavy atom. The van der Waals surface area contributed by atoms with Gasteiger partial charge in [0.1, 0.15) is 5.82 Å². The highest BCUT2D eigenvalue weighted by Gasteiger charge is 2.13. The van der Waals surface area contributed by atoms with Crippen LogP contribution in [0.2, 0.25) is 0 Å². The number of rotatable bonds is 7. The van der Waals surface area contributed by atoms with Crippen LogP contribution in [-0.4, -0.2) is 43.3 Å². The Kier molecular flexibility index (Phi) is 5.40. The third kappa shape index (κ3) is 3.42. The van der Waals surface area contributed by atoms with Gasteiger partial charge >= 0.3 is 0 Å². The van der Waals surface area contributed by atoms with Crippen LogP contribution in [0.5, 0.6) is 0 Å². The van der Waals surface area contributed by atoms with Crippen LogP contribution in [0.25, 0.3) is 0 Å². The molecule has 0 amide bonds. The van der Waals surface area contributed by atoms with Gasteiger partial charge in [-0.1, -0.05) is 0 Å². The molecule has 0 saturated carbocycles. The van der Waals surface area contributed by atoms with Gasteiger partial charge < -0.3 is 20.5 Å². The molecule has 0 saturated heterocycles. The molecule has 6 heteroatoms. The Balaban J connectivity index is 2.67. The van der Waals surface area contributed by atoms with Crippen molar-refractivity contribution in [1.29, 1.82) is 0 Å². The summed E-state index contributed by atoms with van der Waals surface area (Å²) in [5, 5.41) is 7.64. The van der Waals surface area contributed by atoms with E-state index in [-0.39, 0.29) is 6.10 Å². The van der Waals surface area contributed by atoms with Crippen LogP contribution >= 0.6 is 0 Å². The molecular formula is C11H22N4O2. The van der Waals surface area contributed by atoms with E-state index in [2.05, 4.69) is 10.4 Å². The minimum absolute atomic E-state index is 0.0147. The van der Waals surface area contributed by atoms with Crippen LogP contribution in [0.1, 0.15) is 11.3 Å². The monoisotopic (exact) mass is 242 g/mol. The smallest absolute Gasteiger partial charge is 0.128 e. The Hall–Kier alpha value is -1.11. The molecule has 1 atom stereocenters. The summed E-state index contributed by atoms with van der Waals surface area (Å²) in [5.41, 5.74) is 7.71. The fourth-order valence-electron chi connectivity index (χ4n) is 1.77. The molecular weight excluding hydrogens is 220 g/mol. The van der Waals surface area contributed by atoms with Gasteiger partial charge in [0.25, 0.3) is 0 Å². The van der Waals surface area contributed by atoms with Crippen molar-refractivity contribution >= 4 is 5.82 Å². The minimum Gasteiger partial charge on any atom is -0.382 e. The molecule has 98 valence electrons. The number of nitrogens with two attached hydrogens (primary N) is 1. The molecule has 0 bridgehead atoms. The lowest BCUT2D eigenvalue weighted by Crippen LogP contribution is -2.27. The standard InChI is InChI=1S/C11H22N4O2/c1-8-10(5-12)11(15(2)14-8)13-6-9(17-4)7-16-3/h9,13H,5-7,12H2,1-4H3. The fraction of sp³-hybridized carbons (Fsp3) is 0.727. The molecule has 1 heterocycles. The second-order valence-electron chi connectivity index (χ2n) is 3.93. The predicted octanol–water partition coefficient (Wildman–Crippen LogP) is 0.261. The highest BCUT2D eigenvalue weighted by atomic mass is 16.5. The third-order valence-corrected chi connectivity index (χ3v) is 2.73. The number of hydrogen-bond acceptors (Lipinski definition) is 5. The maximum atomic E-state index is 5.71. The van der Waals surface area contributed by atoms with Crippen molar-refractivity contribution in [1.82, 2.24) is 9.78 Å². The van der Waals surface area contributed by atoms with E-state index in [1.807, 2.05) is 14.0 Å². The maximum absolute atomic E-state index is 5.71. The Morgan fingerprint density at radius 3 is 2.71 bits per heavy atom. The molecule has 0 fully saturated rings. The number of methoxy groups -OCH3 is 2. The van der Waals surface area contributed by atoms with Crippen molar-refractivity contribution in [3.05, 3.63) is 11.3 Å². The van der Waals surface area contributed by atoms with Crippen LogP contribution in [-0.2, 0) is 23.1 Å². The van der Waals surface area contributed by atoms with Crippen molar-refractivity contribution in [2.75, 3.05) is 32.7 Å². The first-order valence-corrected chi connectivity index (χ1v) is 5.62. The highest BCUT2D eigenvalue weighted by molar-refractivity contribution is 5.47. The molecule has 1 aromatic heterocycles. The summed E-state index contributed by atoms with van der Waals surface area (Å²) in [6, 6.07) is 0. The molecule has 0 spiro atoms. The van der Waals surface area contributed by atoms with Gasteiger partial charge in [0, 0.05) is 39.9 Å². The molecule has 1 aromatic rings. The van der Waals surface area contributed by atoms with E-state index in [0.29, 0.717) is 19.7 Å². The average molecular weight is 242 g/mol. The van der Waals surface area contributed by atoms with E-state index < -0.39 is 0 Å². The summed E-state index contributed by atoms with van der Waals surface area (Å²) in [6.07, 6.45) is 0.0147. The number of aromatic nitrogens is 2. The lowest BCUT2D eigenvalue weighted by molar-refractivity contribution is 0.0365. The summed E-state index contributed by atoms with van der Waals surface area (Å²) in [4.78, 5) is 0. The molecule has 6 nitrogen and oxygen atoms in total. The van der Waals surface area contributed by atoms with E-state index in [0.717, 1.165) is 17.1 Å². The molecule has 0 radical (unpaired) electrons. The van der Waals surface area contributed by atoms with Crippen molar-refractivity contribution < 1.29 is 9.47 Å². The number of hydrogen-bond donors (Lipinski definition) is 2. The van der Waals surface area contributed by atoms with E-state index in [4.69, 9.17) is 15.2 Å². The van der Waals surface area contributed by atoms with Gasteiger partial charge in [-0.2, -0.15) is 5.10 Å². The Bertz CT molecular complexity index is 351. The Morgan fingerprint density at radius 1 is 1.47 bits per heavy atom. The molecule has 3 N–H and O–H groups in total. The predicted molar refractivity (Wildman–Crippen MR) is 67.0 cm³/mol. The Labute approximate surface area is 102 Å². The summed E-state index contributed by atoms with van der Waals surface area (Å²) in [6.45, 7) is 3.65. The molecule has 17 heavy (non-hydrogen) atoms. The van der Waals surface area contributed by atoms with E-state index in [9.17, 15) is 0 Å². The maximum Gasteiger partial charge on any atom is 0.128 e. The second kappa shape index (κ2) is 6.58. The number of aryl methyl sites for hydroxylation is 2. The van der Waals surface area contributed by atoms with Crippen molar-refractivity contribution in [2.45, 2.75) is 19.6 Å². The van der Waals surface area contributed by atoms with Gasteiger partial charge in [0.15, 0.2) is 0 Å². The van der Waals surface area contributed by atoms with Gasteiger partial charge in [0.2, 0.25) is 0 Å². The van der Waals surface area contributed by atoms with E-state index in [1.165, 1.54) is 0 Å². The zero-order valence-corrected chi connectivity index (χ0v) is 11.0. The van der Waals surface area contributed by atoms with Crippen LogP contribution in [0.15, 0.2) is 0 Å². The van der Waals surface area contributed by atoms with Gasteiger partial charge in [0.05, 0.1) is 18.4 Å². The van der Waals surface area contributed by atoms with Crippen molar-refractivity contribution in [2.24, 2.45) is 12.8 Å². The van der Waals surface area contributed by atoms with Crippen molar-refractivity contribution in [3.8, 4) is 0 Å². The largest absolute Gasteiger partial charge is 0.382 e. The lowest BCUT2D eigenvalue weighted by atomic mass is 10.2. The van der Waals surface area contributed by atoms with Crippen LogP contribution < -0.4 is 11.1 Å². The summed E-state index contributed by atoms with van der Waals surface area (Å²) in [5.74, 6) is 0.947. The first kappa shape index (κ1) is 14.0. The molecule has 0 aliphatic heterocycles. The molecule has 0 aliphatic rings.